The van der Waals surface area contributed by atoms with Crippen LogP contribution in [-0.2, 0) is 0 Å². The first-order valence-corrected chi connectivity index (χ1v) is 4.92. The summed E-state index contributed by atoms with van der Waals surface area (Å²) in [4.78, 5) is 2.33. The zero-order chi connectivity index (χ0) is 9.35. The van der Waals surface area contributed by atoms with Gasteiger partial charge in [-0.3, -0.25) is 0 Å². The molecule has 1 saturated heterocycles. The molecule has 0 spiro atoms. The highest BCUT2D eigenvalue weighted by molar-refractivity contribution is 4.92. The second-order valence-electron chi connectivity index (χ2n) is 4.35. The van der Waals surface area contributed by atoms with Crippen molar-refractivity contribution in [2.24, 2.45) is 5.92 Å². The van der Waals surface area contributed by atoms with Crippen LogP contribution in [0.1, 0.15) is 33.6 Å². The van der Waals surface area contributed by atoms with E-state index in [1.165, 1.54) is 0 Å². The molecular formula is C10H21NO. The lowest BCUT2D eigenvalue weighted by Gasteiger charge is -2.45. The van der Waals surface area contributed by atoms with Gasteiger partial charge in [-0.05, 0) is 32.7 Å². The predicted octanol–water partition coefficient (Wildman–Crippen LogP) is 1.49. The van der Waals surface area contributed by atoms with Crippen molar-refractivity contribution in [2.75, 3.05) is 13.6 Å². The van der Waals surface area contributed by atoms with Crippen molar-refractivity contribution in [1.82, 2.24) is 4.90 Å². The normalized spacial score (nSPS) is 44.8. The van der Waals surface area contributed by atoms with E-state index in [-0.39, 0.29) is 0 Å². The first-order valence-electron chi connectivity index (χ1n) is 4.92. The average Bonchev–Trinajstić information content (AvgIpc) is 2.01. The van der Waals surface area contributed by atoms with Crippen LogP contribution >= 0.6 is 0 Å². The Kier molecular flexibility index (Phi) is 2.79. The molecule has 0 radical (unpaired) electrons. The Morgan fingerprint density at radius 2 is 2.08 bits per heavy atom. The lowest BCUT2D eigenvalue weighted by atomic mass is 9.77. The molecule has 0 unspecified atom stereocenters. The van der Waals surface area contributed by atoms with E-state index < -0.39 is 5.60 Å². The molecule has 1 N–H and O–H groups in total. The van der Waals surface area contributed by atoms with E-state index in [0.29, 0.717) is 12.0 Å². The monoisotopic (exact) mass is 171 g/mol. The SMILES string of the molecule is CC[C@]1(O)C[C@H](C)N(C)C[C@H]1C. The molecule has 0 aromatic carbocycles. The van der Waals surface area contributed by atoms with Crippen LogP contribution in [0.2, 0.25) is 0 Å². The van der Waals surface area contributed by atoms with Gasteiger partial charge in [0.2, 0.25) is 0 Å². The van der Waals surface area contributed by atoms with E-state index in [2.05, 4.69) is 32.7 Å². The highest BCUT2D eigenvalue weighted by Crippen LogP contribution is 2.32. The molecule has 1 rings (SSSR count). The summed E-state index contributed by atoms with van der Waals surface area (Å²) < 4.78 is 0. The van der Waals surface area contributed by atoms with Gasteiger partial charge in [-0.1, -0.05) is 13.8 Å². The van der Waals surface area contributed by atoms with E-state index in [1.807, 2.05) is 0 Å². The Hall–Kier alpha value is -0.0800. The zero-order valence-electron chi connectivity index (χ0n) is 8.67. The summed E-state index contributed by atoms with van der Waals surface area (Å²) in [6.45, 7) is 7.43. The van der Waals surface area contributed by atoms with Gasteiger partial charge in [-0.15, -0.1) is 0 Å². The maximum Gasteiger partial charge on any atom is 0.0697 e. The van der Waals surface area contributed by atoms with Gasteiger partial charge in [0.05, 0.1) is 5.60 Å². The van der Waals surface area contributed by atoms with Gasteiger partial charge in [0, 0.05) is 12.6 Å². The van der Waals surface area contributed by atoms with Gasteiger partial charge in [0.15, 0.2) is 0 Å². The number of likely N-dealkylation sites (tertiary alicyclic amines) is 1. The molecule has 1 fully saturated rings. The van der Waals surface area contributed by atoms with E-state index in [0.717, 1.165) is 19.4 Å². The molecule has 0 aliphatic carbocycles. The van der Waals surface area contributed by atoms with Crippen LogP contribution in [0, 0.1) is 5.92 Å². The van der Waals surface area contributed by atoms with Crippen LogP contribution in [0.25, 0.3) is 0 Å². The van der Waals surface area contributed by atoms with Gasteiger partial charge in [0.1, 0.15) is 0 Å². The van der Waals surface area contributed by atoms with E-state index in [1.54, 1.807) is 0 Å². The fraction of sp³-hybridized carbons (Fsp3) is 1.00. The van der Waals surface area contributed by atoms with Crippen LogP contribution in [-0.4, -0.2) is 35.2 Å². The maximum absolute atomic E-state index is 10.2. The minimum absolute atomic E-state index is 0.406. The van der Waals surface area contributed by atoms with Crippen LogP contribution < -0.4 is 0 Å². The highest BCUT2D eigenvalue weighted by atomic mass is 16.3. The van der Waals surface area contributed by atoms with Crippen molar-refractivity contribution in [3.63, 3.8) is 0 Å². The third kappa shape index (κ3) is 1.64. The number of hydrogen-bond acceptors (Lipinski definition) is 2. The van der Waals surface area contributed by atoms with Crippen molar-refractivity contribution >= 4 is 0 Å². The van der Waals surface area contributed by atoms with Crippen LogP contribution in [0.4, 0.5) is 0 Å². The summed E-state index contributed by atoms with van der Waals surface area (Å²) >= 11 is 0. The molecule has 1 aliphatic heterocycles. The van der Waals surface area contributed by atoms with Crippen molar-refractivity contribution in [1.29, 1.82) is 0 Å². The summed E-state index contributed by atoms with van der Waals surface area (Å²) in [7, 11) is 2.14. The first-order chi connectivity index (χ1) is 5.49. The zero-order valence-corrected chi connectivity index (χ0v) is 8.67. The molecule has 12 heavy (non-hydrogen) atoms. The number of piperidine rings is 1. The maximum atomic E-state index is 10.2. The third-order valence-corrected chi connectivity index (χ3v) is 3.49. The smallest absolute Gasteiger partial charge is 0.0697 e. The summed E-state index contributed by atoms with van der Waals surface area (Å²) in [5.74, 6) is 0.406. The average molecular weight is 171 g/mol. The van der Waals surface area contributed by atoms with Crippen molar-refractivity contribution in [3.05, 3.63) is 0 Å². The second kappa shape index (κ2) is 3.35. The molecule has 0 bridgehead atoms. The topological polar surface area (TPSA) is 23.5 Å². The minimum Gasteiger partial charge on any atom is -0.390 e. The minimum atomic E-state index is -0.411. The van der Waals surface area contributed by atoms with E-state index in [4.69, 9.17) is 0 Å². The van der Waals surface area contributed by atoms with Crippen molar-refractivity contribution in [3.8, 4) is 0 Å². The Labute approximate surface area is 75.6 Å². The van der Waals surface area contributed by atoms with Gasteiger partial charge < -0.3 is 10.0 Å². The van der Waals surface area contributed by atoms with Crippen molar-refractivity contribution in [2.45, 2.75) is 45.3 Å². The van der Waals surface area contributed by atoms with Crippen LogP contribution in [0.15, 0.2) is 0 Å². The number of rotatable bonds is 1. The summed E-state index contributed by atoms with van der Waals surface area (Å²) in [6, 6.07) is 0.520. The first kappa shape index (κ1) is 10.0. The lowest BCUT2D eigenvalue weighted by molar-refractivity contribution is -0.0806. The summed E-state index contributed by atoms with van der Waals surface area (Å²) in [6.07, 6.45) is 1.80. The Morgan fingerprint density at radius 3 is 2.58 bits per heavy atom. The Bertz CT molecular complexity index is 160. The largest absolute Gasteiger partial charge is 0.390 e. The number of nitrogens with zero attached hydrogens (tertiary/aromatic N) is 1. The molecule has 0 amide bonds. The fourth-order valence-electron chi connectivity index (χ4n) is 2.14. The lowest BCUT2D eigenvalue weighted by Crippen LogP contribution is -2.53. The Balaban J connectivity index is 2.67. The van der Waals surface area contributed by atoms with E-state index >= 15 is 0 Å². The quantitative estimate of drug-likeness (QED) is 0.646. The van der Waals surface area contributed by atoms with Crippen molar-refractivity contribution < 1.29 is 5.11 Å². The number of aliphatic hydroxyl groups is 1. The fourth-order valence-corrected chi connectivity index (χ4v) is 2.14. The second-order valence-corrected chi connectivity index (χ2v) is 4.35. The molecule has 0 aromatic heterocycles. The number of hydrogen-bond donors (Lipinski definition) is 1. The highest BCUT2D eigenvalue weighted by Gasteiger charge is 2.39. The van der Waals surface area contributed by atoms with Gasteiger partial charge >= 0.3 is 0 Å². The Morgan fingerprint density at radius 1 is 1.50 bits per heavy atom. The molecule has 1 aliphatic rings. The molecule has 2 heteroatoms. The van der Waals surface area contributed by atoms with Crippen LogP contribution in [0.5, 0.6) is 0 Å². The van der Waals surface area contributed by atoms with Gasteiger partial charge in [-0.25, -0.2) is 0 Å². The standard InChI is InChI=1S/C10H21NO/c1-5-10(12)6-9(3)11(4)7-8(10)2/h8-9,12H,5-7H2,1-4H3/t8-,9+,10+/m1/s1. The molecule has 0 saturated carbocycles. The molecule has 72 valence electrons. The molecule has 2 nitrogen and oxygen atoms in total. The summed E-state index contributed by atoms with van der Waals surface area (Å²) in [5, 5.41) is 10.2. The molecule has 0 aromatic rings. The molecule has 1 heterocycles. The van der Waals surface area contributed by atoms with Gasteiger partial charge in [0.25, 0.3) is 0 Å². The predicted molar refractivity (Wildman–Crippen MR) is 51.1 cm³/mol. The van der Waals surface area contributed by atoms with E-state index in [9.17, 15) is 5.11 Å². The molecule has 3 atom stereocenters. The molecular weight excluding hydrogens is 150 g/mol. The van der Waals surface area contributed by atoms with Crippen LogP contribution in [0.3, 0.4) is 0 Å². The van der Waals surface area contributed by atoms with Gasteiger partial charge in [-0.2, -0.15) is 0 Å². The summed E-state index contributed by atoms with van der Waals surface area (Å²) in [5.41, 5.74) is -0.411. The third-order valence-electron chi connectivity index (χ3n) is 3.49.